The highest BCUT2D eigenvalue weighted by molar-refractivity contribution is 9.10. The summed E-state index contributed by atoms with van der Waals surface area (Å²) in [5.74, 6) is -7.14. The minimum atomic E-state index is -4.34. The first-order chi connectivity index (χ1) is 22.3. The van der Waals surface area contributed by atoms with Gasteiger partial charge < -0.3 is 0 Å². The third-order valence-corrected chi connectivity index (χ3v) is 15.9. The molecule has 48 heavy (non-hydrogen) atoms. The van der Waals surface area contributed by atoms with E-state index in [0.717, 1.165) is 24.8 Å². The van der Waals surface area contributed by atoms with E-state index < -0.39 is 55.1 Å². The van der Waals surface area contributed by atoms with E-state index in [9.17, 15) is 21.6 Å². The average Bonchev–Trinajstić information content (AvgIpc) is 3.04. The van der Waals surface area contributed by atoms with E-state index in [2.05, 4.69) is 28.9 Å². The minimum Gasteiger partial charge on any atom is -0.256 e. The van der Waals surface area contributed by atoms with Crippen molar-refractivity contribution in [2.45, 2.75) is 150 Å². The lowest BCUT2D eigenvalue weighted by Crippen LogP contribution is -2.69. The molecule has 0 saturated heterocycles. The molecule has 11 heteroatoms. The molecule has 0 amide bonds. The Hall–Kier alpha value is -1.33. The van der Waals surface area contributed by atoms with Crippen molar-refractivity contribution >= 4 is 26.0 Å². The molecule has 0 heterocycles. The van der Waals surface area contributed by atoms with E-state index in [1.54, 1.807) is 19.1 Å². The number of alkyl halides is 7. The van der Waals surface area contributed by atoms with Crippen LogP contribution in [0.1, 0.15) is 109 Å². The molecule has 9 rings (SSSR count). The van der Waals surface area contributed by atoms with Crippen LogP contribution in [-0.4, -0.2) is 42.5 Å². The van der Waals surface area contributed by atoms with Crippen molar-refractivity contribution in [2.24, 2.45) is 22.7 Å². The quantitative estimate of drug-likeness (QED) is 0.130. The van der Waals surface area contributed by atoms with Crippen LogP contribution in [0.4, 0.5) is 26.3 Å². The maximum Gasteiger partial charge on any atom is 0.297 e. The average molecular weight is 766 g/mol. The zero-order chi connectivity index (χ0) is 35.0. The van der Waals surface area contributed by atoms with E-state index in [4.69, 9.17) is 4.18 Å². The summed E-state index contributed by atoms with van der Waals surface area (Å²) in [7, 11) is -4.34. The summed E-state index contributed by atoms with van der Waals surface area (Å²) in [5.41, 5.74) is -1.17. The number of halogens is 7. The van der Waals surface area contributed by atoms with Crippen LogP contribution in [-0.2, 0) is 14.3 Å². The summed E-state index contributed by atoms with van der Waals surface area (Å²) >= 11 is 3.26. The second kappa shape index (κ2) is 12.4. The third-order valence-electron chi connectivity index (χ3n) is 13.3. The molecular formula is C37H47BrF6O3S. The highest BCUT2D eigenvalue weighted by Gasteiger charge is 2.75. The summed E-state index contributed by atoms with van der Waals surface area (Å²) in [6.07, 6.45) is 5.86. The van der Waals surface area contributed by atoms with Crippen LogP contribution >= 0.6 is 15.9 Å². The van der Waals surface area contributed by atoms with Gasteiger partial charge in [0.25, 0.3) is 22.0 Å². The number of aryl methyl sites for hydroxylation is 1. The molecule has 268 valence electrons. The third kappa shape index (κ3) is 5.66. The van der Waals surface area contributed by atoms with Crippen molar-refractivity contribution in [1.29, 1.82) is 0 Å². The van der Waals surface area contributed by atoms with Gasteiger partial charge in [-0.2, -0.15) is 8.42 Å². The van der Waals surface area contributed by atoms with Crippen molar-refractivity contribution < 1.29 is 38.9 Å². The number of allylic oxidation sites excluding steroid dienone is 4. The van der Waals surface area contributed by atoms with Gasteiger partial charge in [-0.05, 0) is 135 Å². The lowest BCUT2D eigenvalue weighted by molar-refractivity contribution is -0.297. The molecular weight excluding hydrogens is 718 g/mol. The normalized spacial score (nSPS) is 41.5. The van der Waals surface area contributed by atoms with Crippen molar-refractivity contribution in [2.75, 3.05) is 0 Å². The molecule has 4 atom stereocenters. The van der Waals surface area contributed by atoms with Crippen LogP contribution in [0.2, 0.25) is 0 Å². The highest BCUT2D eigenvalue weighted by atomic mass is 79.9. The van der Waals surface area contributed by atoms with Crippen LogP contribution < -0.4 is 0 Å². The number of benzene rings is 1. The second-order valence-corrected chi connectivity index (χ2v) is 18.9. The van der Waals surface area contributed by atoms with Gasteiger partial charge in [-0.15, -0.1) is 0 Å². The fourth-order valence-corrected chi connectivity index (χ4v) is 11.9. The topological polar surface area (TPSA) is 43.4 Å². The van der Waals surface area contributed by atoms with Gasteiger partial charge in [0, 0.05) is 10.8 Å². The van der Waals surface area contributed by atoms with Gasteiger partial charge in [-0.3, -0.25) is 4.18 Å². The van der Waals surface area contributed by atoms with E-state index in [0.29, 0.717) is 44.9 Å². The molecule has 8 aliphatic rings. The summed E-state index contributed by atoms with van der Waals surface area (Å²) in [4.78, 5) is -0.136. The van der Waals surface area contributed by atoms with Gasteiger partial charge in [0.05, 0.1) is 9.22 Å². The van der Waals surface area contributed by atoms with E-state index in [1.165, 1.54) is 23.3 Å². The Labute approximate surface area is 289 Å². The van der Waals surface area contributed by atoms with Crippen LogP contribution in [0.3, 0.4) is 0 Å². The van der Waals surface area contributed by atoms with Crippen LogP contribution in [0.5, 0.6) is 0 Å². The van der Waals surface area contributed by atoms with Crippen molar-refractivity contribution in [1.82, 2.24) is 0 Å². The Morgan fingerprint density at radius 3 is 1.56 bits per heavy atom. The van der Waals surface area contributed by atoms with Gasteiger partial charge in [-0.25, -0.2) is 26.3 Å². The van der Waals surface area contributed by atoms with Gasteiger partial charge in [0.2, 0.25) is 0 Å². The molecule has 0 aromatic heterocycles. The second-order valence-electron chi connectivity index (χ2n) is 15.8. The molecule has 1 aromatic carbocycles. The number of rotatable bonds is 5. The molecule has 6 saturated carbocycles. The molecule has 0 spiro atoms. The smallest absolute Gasteiger partial charge is 0.256 e. The van der Waals surface area contributed by atoms with Crippen molar-refractivity contribution in [3.05, 3.63) is 53.1 Å². The summed E-state index contributed by atoms with van der Waals surface area (Å²) in [6, 6.07) is 5.92. The monoisotopic (exact) mass is 764 g/mol. The van der Waals surface area contributed by atoms with E-state index in [-0.39, 0.29) is 42.4 Å². The van der Waals surface area contributed by atoms with Crippen molar-refractivity contribution in [3.63, 3.8) is 0 Å². The maximum absolute atomic E-state index is 15.4. The van der Waals surface area contributed by atoms with Crippen LogP contribution in [0.15, 0.2) is 52.5 Å². The Morgan fingerprint density at radius 1 is 0.688 bits per heavy atom. The molecule has 0 radical (unpaired) electrons. The number of hydrogen-bond donors (Lipinski definition) is 0. The number of fused-ring (bicyclic) bond motifs is 6. The van der Waals surface area contributed by atoms with Gasteiger partial charge >= 0.3 is 0 Å². The summed E-state index contributed by atoms with van der Waals surface area (Å²) < 4.78 is 120. The van der Waals surface area contributed by atoms with Gasteiger partial charge in [0.15, 0.2) is 12.3 Å². The Morgan fingerprint density at radius 2 is 1.12 bits per heavy atom. The molecule has 1 aromatic rings. The molecule has 8 aliphatic carbocycles. The van der Waals surface area contributed by atoms with Crippen molar-refractivity contribution in [3.8, 4) is 0 Å². The first-order valence-corrected chi connectivity index (χ1v) is 19.6. The molecule has 0 aliphatic heterocycles. The van der Waals surface area contributed by atoms with Crippen LogP contribution in [0.25, 0.3) is 0 Å². The first-order valence-electron chi connectivity index (χ1n) is 17.4. The molecule has 6 fully saturated rings. The molecule has 4 bridgehead atoms. The largest absolute Gasteiger partial charge is 0.297 e. The van der Waals surface area contributed by atoms with Crippen LogP contribution in [0, 0.1) is 29.6 Å². The SMILES string of the molecule is CC1=CCC(C23CCC(Br)(CC2)C(F)C3(F)F)CC1.CC1=CCC(C23CCC(OS(=O)(=O)c4ccc(C)cc4)(CC2)C(F)C3(F)F)CC1. The fourth-order valence-electron chi connectivity index (χ4n) is 9.96. The maximum atomic E-state index is 15.4. The summed E-state index contributed by atoms with van der Waals surface area (Å²) in [6.45, 7) is 5.84. The molecule has 3 nitrogen and oxygen atoms in total. The predicted octanol–water partition coefficient (Wildman–Crippen LogP) is 11.1. The fraction of sp³-hybridized carbons (Fsp3) is 0.730. The zero-order valence-corrected chi connectivity index (χ0v) is 30.4. The Balaban J connectivity index is 0.000000182. The molecule has 4 unspecified atom stereocenters. The van der Waals surface area contributed by atoms with E-state index in [1.807, 2.05) is 13.0 Å². The summed E-state index contributed by atoms with van der Waals surface area (Å²) in [5, 5.41) is 0. The number of hydrogen-bond acceptors (Lipinski definition) is 3. The standard InChI is InChI=1S/C22H27F3O3S.C15H20BrF3/c1-15-3-7-17(8-4-15)20-11-13-21(14-12-20,19(23)22(20,24)25)28-29(26,27)18-9-5-16(2)6-10-18;1-10-2-4-11(5-3-10)13-6-8-14(16,9-7-13)12(17)15(13,18)19/h3,5-6,9-10,17,19H,4,7-8,11-14H2,1-2H3;2,11-12H,3-9H2,1H3. The Bertz CT molecular complexity index is 1540. The Kier molecular flexibility index (Phi) is 9.43. The lowest BCUT2D eigenvalue weighted by Gasteiger charge is -2.60. The molecule has 0 N–H and O–H groups in total. The highest BCUT2D eigenvalue weighted by Crippen LogP contribution is 2.69. The lowest BCUT2D eigenvalue weighted by atomic mass is 9.49. The van der Waals surface area contributed by atoms with Gasteiger partial charge in [-0.1, -0.05) is 56.9 Å². The van der Waals surface area contributed by atoms with Gasteiger partial charge in [0.1, 0.15) is 5.60 Å². The minimum absolute atomic E-state index is 0.00591. The zero-order valence-electron chi connectivity index (χ0n) is 28.0. The van der Waals surface area contributed by atoms with E-state index >= 15 is 13.2 Å². The first kappa shape index (κ1) is 36.5. The predicted molar refractivity (Wildman–Crippen MR) is 178 cm³/mol.